The van der Waals surface area contributed by atoms with Gasteiger partial charge in [0.2, 0.25) is 0 Å². The fraction of sp³-hybridized carbons (Fsp3) is 0.550. The lowest BCUT2D eigenvalue weighted by molar-refractivity contribution is -0.128. The maximum atomic E-state index is 10.9. The summed E-state index contributed by atoms with van der Waals surface area (Å²) >= 11 is 0. The maximum absolute atomic E-state index is 10.9. The Morgan fingerprint density at radius 2 is 1.21 bits per heavy atom. The molecule has 3 nitrogen and oxygen atoms in total. The highest BCUT2D eigenvalue weighted by Gasteiger charge is 2.47. The lowest BCUT2D eigenvalue weighted by Crippen LogP contribution is -2.51. The largest absolute Gasteiger partial charge is 0.393 e. The summed E-state index contributed by atoms with van der Waals surface area (Å²) in [6, 6.07) is 0. The molecular weight excluding hydrogens is 528 g/mol. The molecule has 2 aliphatic rings. The molecule has 5 unspecified atom stereocenters. The molecule has 0 saturated heterocycles. The van der Waals surface area contributed by atoms with Crippen LogP contribution in [0.4, 0.5) is 0 Å². The van der Waals surface area contributed by atoms with Gasteiger partial charge in [0, 0.05) is 6.42 Å². The van der Waals surface area contributed by atoms with Crippen LogP contribution in [0.5, 0.6) is 0 Å². The number of rotatable bonds is 10. The normalized spacial score (nSPS) is 32.3. The summed E-state index contributed by atoms with van der Waals surface area (Å²) in [5.74, 6) is 0.521. The predicted octanol–water partition coefficient (Wildman–Crippen LogP) is 9.68. The third-order valence-corrected chi connectivity index (χ3v) is 9.26. The molecule has 0 aliphatic heterocycles. The van der Waals surface area contributed by atoms with E-state index in [0.29, 0.717) is 12.3 Å². The summed E-state index contributed by atoms with van der Waals surface area (Å²) in [4.78, 5) is 0. The zero-order chi connectivity index (χ0) is 32.4. The van der Waals surface area contributed by atoms with Crippen molar-refractivity contribution in [3.63, 3.8) is 0 Å². The molecule has 3 N–H and O–H groups in total. The Bertz CT molecular complexity index is 1190. The second kappa shape index (κ2) is 16.0. The average molecular weight is 589 g/mol. The highest BCUT2D eigenvalue weighted by atomic mass is 16.3. The Labute approximate surface area is 263 Å². The smallest absolute Gasteiger partial charge is 0.0680 e. The van der Waals surface area contributed by atoms with Crippen LogP contribution < -0.4 is 0 Å². The first-order valence-corrected chi connectivity index (χ1v) is 16.1. The van der Waals surface area contributed by atoms with E-state index in [9.17, 15) is 15.3 Å². The van der Waals surface area contributed by atoms with E-state index in [-0.39, 0.29) is 22.9 Å². The molecule has 0 spiro atoms. The first-order valence-electron chi connectivity index (χ1n) is 16.1. The van der Waals surface area contributed by atoms with Crippen LogP contribution >= 0.6 is 0 Å². The lowest BCUT2D eigenvalue weighted by Gasteiger charge is -2.49. The van der Waals surface area contributed by atoms with Crippen molar-refractivity contribution < 1.29 is 15.3 Å². The molecule has 0 aromatic rings. The van der Waals surface area contributed by atoms with Crippen molar-refractivity contribution in [2.75, 3.05) is 0 Å². The molecule has 2 fully saturated rings. The highest BCUT2D eigenvalue weighted by molar-refractivity contribution is 5.33. The molecule has 0 bridgehead atoms. The molecule has 2 saturated carbocycles. The van der Waals surface area contributed by atoms with E-state index in [2.05, 4.69) is 141 Å². The van der Waals surface area contributed by atoms with E-state index in [0.717, 1.165) is 25.7 Å². The summed E-state index contributed by atoms with van der Waals surface area (Å²) < 4.78 is 0. The molecule has 0 radical (unpaired) electrons. The molecule has 0 amide bonds. The maximum Gasteiger partial charge on any atom is 0.0680 e. The van der Waals surface area contributed by atoms with E-state index in [1.165, 1.54) is 27.9 Å². The summed E-state index contributed by atoms with van der Waals surface area (Å²) in [6.07, 6.45) is 30.7. The molecule has 2 rings (SSSR count). The van der Waals surface area contributed by atoms with Gasteiger partial charge in [-0.3, -0.25) is 0 Å². The summed E-state index contributed by atoms with van der Waals surface area (Å²) in [5.41, 5.74) is 5.23. The minimum absolute atomic E-state index is 0.0364. The SMILES string of the molecule is CC(/C=C/C=C/C(C)=C/C=C/C(C)=C/CC1C(C)(C)CC(O)CC1(C)O)=C\C=C\C(C)=C\C=C1/C(C)CC(O)CC1(C)C. The second-order valence-electron chi connectivity index (χ2n) is 14.8. The van der Waals surface area contributed by atoms with Gasteiger partial charge in [0.1, 0.15) is 0 Å². The Hall–Kier alpha value is -2.46. The molecule has 2 aliphatic carbocycles. The topological polar surface area (TPSA) is 60.7 Å². The van der Waals surface area contributed by atoms with Crippen molar-refractivity contribution in [3.05, 3.63) is 107 Å². The Morgan fingerprint density at radius 1 is 0.698 bits per heavy atom. The summed E-state index contributed by atoms with van der Waals surface area (Å²) in [6.45, 7) is 21.3. The van der Waals surface area contributed by atoms with Crippen molar-refractivity contribution in [2.24, 2.45) is 22.7 Å². The molecule has 3 heteroatoms. The van der Waals surface area contributed by atoms with E-state index in [1.807, 2.05) is 6.92 Å². The molecule has 0 aromatic heterocycles. The van der Waals surface area contributed by atoms with Crippen LogP contribution in [0.3, 0.4) is 0 Å². The van der Waals surface area contributed by atoms with Gasteiger partial charge in [-0.05, 0) is 83.0 Å². The summed E-state index contributed by atoms with van der Waals surface area (Å²) in [5, 5.41) is 31.2. The predicted molar refractivity (Wildman–Crippen MR) is 186 cm³/mol. The number of hydrogen-bond donors (Lipinski definition) is 3. The highest BCUT2D eigenvalue weighted by Crippen LogP contribution is 2.48. The van der Waals surface area contributed by atoms with Crippen LogP contribution in [0.1, 0.15) is 101 Å². The zero-order valence-electron chi connectivity index (χ0n) is 28.7. The third kappa shape index (κ3) is 12.2. The lowest BCUT2D eigenvalue weighted by atomic mass is 9.60. The van der Waals surface area contributed by atoms with Crippen molar-refractivity contribution in [1.29, 1.82) is 0 Å². The van der Waals surface area contributed by atoms with Gasteiger partial charge in [-0.2, -0.15) is 0 Å². The third-order valence-electron chi connectivity index (χ3n) is 9.26. The van der Waals surface area contributed by atoms with Crippen LogP contribution in [-0.4, -0.2) is 33.1 Å². The van der Waals surface area contributed by atoms with Crippen LogP contribution in [0.2, 0.25) is 0 Å². The van der Waals surface area contributed by atoms with Crippen LogP contribution in [0.15, 0.2) is 107 Å². The Kier molecular flexibility index (Phi) is 13.7. The molecule has 43 heavy (non-hydrogen) atoms. The van der Waals surface area contributed by atoms with Crippen molar-refractivity contribution in [1.82, 2.24) is 0 Å². The minimum atomic E-state index is -0.856. The van der Waals surface area contributed by atoms with Crippen molar-refractivity contribution >= 4 is 0 Å². The van der Waals surface area contributed by atoms with Gasteiger partial charge in [-0.25, -0.2) is 0 Å². The fourth-order valence-corrected chi connectivity index (χ4v) is 7.12. The standard InChI is InChI=1S/C40H60O3/c1-29(17-13-19-31(3)21-23-36-33(5)25-34(41)26-38(36,6)7)15-11-12-16-30(2)18-14-20-32(4)22-24-37-39(8,9)27-35(42)28-40(37,10)43/h11-23,33-35,37,41-43H,24-28H2,1-10H3/b15-11+,16-12+,19-13+,20-14+,29-17+,30-18+,31-21+,32-22+,36-23+. The van der Waals surface area contributed by atoms with Gasteiger partial charge in [-0.15, -0.1) is 0 Å². The molecule has 238 valence electrons. The number of aliphatic hydroxyl groups is 3. The Balaban J connectivity index is 1.88. The van der Waals surface area contributed by atoms with Gasteiger partial charge < -0.3 is 15.3 Å². The van der Waals surface area contributed by atoms with E-state index in [1.54, 1.807) is 0 Å². The van der Waals surface area contributed by atoms with Gasteiger partial charge in [-0.1, -0.05) is 141 Å². The first kappa shape index (κ1) is 36.7. The second-order valence-corrected chi connectivity index (χ2v) is 14.8. The summed E-state index contributed by atoms with van der Waals surface area (Å²) in [7, 11) is 0. The van der Waals surface area contributed by atoms with E-state index < -0.39 is 11.7 Å². The molecule has 0 heterocycles. The number of allylic oxidation sites excluding steroid dienone is 18. The molecule has 5 atom stereocenters. The van der Waals surface area contributed by atoms with E-state index >= 15 is 0 Å². The van der Waals surface area contributed by atoms with Gasteiger partial charge in [0.15, 0.2) is 0 Å². The van der Waals surface area contributed by atoms with Crippen LogP contribution in [0.25, 0.3) is 0 Å². The van der Waals surface area contributed by atoms with Gasteiger partial charge in [0.25, 0.3) is 0 Å². The zero-order valence-corrected chi connectivity index (χ0v) is 28.7. The monoisotopic (exact) mass is 588 g/mol. The van der Waals surface area contributed by atoms with Crippen molar-refractivity contribution in [2.45, 2.75) is 119 Å². The van der Waals surface area contributed by atoms with Gasteiger partial charge >= 0.3 is 0 Å². The molecular formula is C40H60O3. The minimum Gasteiger partial charge on any atom is -0.393 e. The quantitative estimate of drug-likeness (QED) is 0.223. The van der Waals surface area contributed by atoms with Crippen LogP contribution in [-0.2, 0) is 0 Å². The molecule has 0 aromatic carbocycles. The van der Waals surface area contributed by atoms with Crippen molar-refractivity contribution in [3.8, 4) is 0 Å². The number of aliphatic hydroxyl groups excluding tert-OH is 2. The Morgan fingerprint density at radius 3 is 1.74 bits per heavy atom. The average Bonchev–Trinajstić information content (AvgIpc) is 2.83. The van der Waals surface area contributed by atoms with E-state index in [4.69, 9.17) is 0 Å². The fourth-order valence-electron chi connectivity index (χ4n) is 7.12. The number of hydrogen-bond acceptors (Lipinski definition) is 3. The van der Waals surface area contributed by atoms with Crippen LogP contribution in [0, 0.1) is 22.7 Å². The van der Waals surface area contributed by atoms with Gasteiger partial charge in [0.05, 0.1) is 17.8 Å². The first-order chi connectivity index (χ1) is 19.9.